The number of hydrogen-bond acceptors (Lipinski definition) is 3. The molecule has 2 heterocycles. The van der Waals surface area contributed by atoms with Crippen molar-refractivity contribution in [3.63, 3.8) is 0 Å². The first-order valence-corrected chi connectivity index (χ1v) is 9.74. The molecular formula is C22H25N3O3. The van der Waals surface area contributed by atoms with Gasteiger partial charge in [0, 0.05) is 19.1 Å². The average molecular weight is 379 g/mol. The number of imidazole rings is 1. The van der Waals surface area contributed by atoms with Gasteiger partial charge in [0.1, 0.15) is 5.75 Å². The van der Waals surface area contributed by atoms with Gasteiger partial charge in [-0.15, -0.1) is 0 Å². The molecule has 0 aliphatic carbocycles. The number of rotatable bonds is 4. The number of nitrogens with zero attached hydrogens (tertiary/aromatic N) is 2. The number of ether oxygens (including phenoxy) is 1. The Morgan fingerprint density at radius 3 is 2.64 bits per heavy atom. The lowest BCUT2D eigenvalue weighted by Gasteiger charge is -2.34. The molecule has 2 aromatic carbocycles. The minimum Gasteiger partial charge on any atom is -0.481 e. The quantitative estimate of drug-likeness (QED) is 0.757. The van der Waals surface area contributed by atoms with Crippen molar-refractivity contribution in [2.75, 3.05) is 13.1 Å². The first-order valence-electron chi connectivity index (χ1n) is 9.74. The second-order valence-electron chi connectivity index (χ2n) is 7.45. The highest BCUT2D eigenvalue weighted by atomic mass is 16.5. The van der Waals surface area contributed by atoms with E-state index >= 15 is 0 Å². The molecule has 0 bridgehead atoms. The number of aromatic nitrogens is 2. The van der Waals surface area contributed by atoms with Crippen LogP contribution < -0.4 is 10.4 Å². The molecule has 146 valence electrons. The summed E-state index contributed by atoms with van der Waals surface area (Å²) in [6.07, 6.45) is 0.976. The molecule has 0 spiro atoms. The van der Waals surface area contributed by atoms with Crippen LogP contribution in [0.15, 0.2) is 53.3 Å². The third-order valence-corrected chi connectivity index (χ3v) is 5.42. The van der Waals surface area contributed by atoms with E-state index in [1.54, 1.807) is 6.92 Å². The van der Waals surface area contributed by atoms with Crippen LogP contribution in [0.2, 0.25) is 0 Å². The zero-order chi connectivity index (χ0) is 19.7. The lowest BCUT2D eigenvalue weighted by atomic mass is 10.0. The summed E-state index contributed by atoms with van der Waals surface area (Å²) in [5, 5.41) is 0. The fourth-order valence-electron chi connectivity index (χ4n) is 3.98. The third-order valence-electron chi connectivity index (χ3n) is 5.42. The Hall–Kier alpha value is -3.02. The smallest absolute Gasteiger partial charge is 0.326 e. The molecule has 1 saturated heterocycles. The Balaban J connectivity index is 1.41. The minimum absolute atomic E-state index is 0.00812. The lowest BCUT2D eigenvalue weighted by molar-refractivity contribution is -0.139. The van der Waals surface area contributed by atoms with Gasteiger partial charge in [0.05, 0.1) is 11.0 Å². The van der Waals surface area contributed by atoms with E-state index in [0.29, 0.717) is 18.8 Å². The van der Waals surface area contributed by atoms with E-state index in [1.807, 2.05) is 64.9 Å². The highest BCUT2D eigenvalue weighted by molar-refractivity contribution is 5.81. The molecule has 6 nitrogen and oxygen atoms in total. The van der Waals surface area contributed by atoms with E-state index in [2.05, 4.69) is 4.98 Å². The van der Waals surface area contributed by atoms with Gasteiger partial charge >= 0.3 is 5.69 Å². The molecule has 1 aliphatic heterocycles. The number of piperidine rings is 1. The molecule has 1 unspecified atom stereocenters. The molecule has 3 aromatic rings. The zero-order valence-corrected chi connectivity index (χ0v) is 16.2. The largest absolute Gasteiger partial charge is 0.481 e. The number of para-hydroxylation sites is 2. The van der Waals surface area contributed by atoms with Gasteiger partial charge in [-0.1, -0.05) is 24.3 Å². The van der Waals surface area contributed by atoms with Gasteiger partial charge in [-0.3, -0.25) is 9.36 Å². The van der Waals surface area contributed by atoms with Crippen LogP contribution in [-0.4, -0.2) is 39.6 Å². The molecule has 6 heteroatoms. The first kappa shape index (κ1) is 18.3. The first-order chi connectivity index (χ1) is 13.5. The van der Waals surface area contributed by atoms with Crippen LogP contribution in [0.1, 0.15) is 31.4 Å². The number of aryl methyl sites for hydroxylation is 1. The van der Waals surface area contributed by atoms with Crippen molar-refractivity contribution in [2.45, 2.75) is 38.8 Å². The second-order valence-corrected chi connectivity index (χ2v) is 7.45. The topological polar surface area (TPSA) is 67.3 Å². The third kappa shape index (κ3) is 3.54. The summed E-state index contributed by atoms with van der Waals surface area (Å²) < 4.78 is 7.67. The summed E-state index contributed by atoms with van der Waals surface area (Å²) in [6, 6.07) is 15.5. The van der Waals surface area contributed by atoms with Gasteiger partial charge < -0.3 is 14.6 Å². The summed E-state index contributed by atoms with van der Waals surface area (Å²) in [5.41, 5.74) is 2.80. The maximum Gasteiger partial charge on any atom is 0.326 e. The fourth-order valence-corrected chi connectivity index (χ4v) is 3.98. The van der Waals surface area contributed by atoms with Crippen molar-refractivity contribution >= 4 is 16.9 Å². The summed E-state index contributed by atoms with van der Waals surface area (Å²) in [4.78, 5) is 29.9. The number of nitrogens with one attached hydrogen (secondary N) is 1. The predicted molar refractivity (Wildman–Crippen MR) is 109 cm³/mol. The number of benzene rings is 2. The lowest BCUT2D eigenvalue weighted by Crippen LogP contribution is -2.45. The number of likely N-dealkylation sites (tertiary alicyclic amines) is 1. The predicted octanol–water partition coefficient (Wildman–Crippen LogP) is 3.27. The molecule has 1 amide bonds. The van der Waals surface area contributed by atoms with Crippen LogP contribution in [0.5, 0.6) is 5.75 Å². The Morgan fingerprint density at radius 1 is 1.14 bits per heavy atom. The Labute approximate surface area is 163 Å². The number of amides is 1. The molecule has 1 atom stereocenters. The number of fused-ring (bicyclic) bond motifs is 1. The Morgan fingerprint density at radius 2 is 1.89 bits per heavy atom. The van der Waals surface area contributed by atoms with Gasteiger partial charge in [-0.25, -0.2) is 4.79 Å². The molecule has 4 rings (SSSR count). The van der Waals surface area contributed by atoms with Crippen molar-refractivity contribution in [3.05, 3.63) is 64.6 Å². The van der Waals surface area contributed by atoms with E-state index < -0.39 is 6.10 Å². The van der Waals surface area contributed by atoms with E-state index in [1.165, 1.54) is 0 Å². The highest BCUT2D eigenvalue weighted by Crippen LogP contribution is 2.25. The summed E-state index contributed by atoms with van der Waals surface area (Å²) >= 11 is 0. The molecular weight excluding hydrogens is 354 g/mol. The Kier molecular flexibility index (Phi) is 4.94. The molecule has 1 aliphatic rings. The maximum atomic E-state index is 12.8. The van der Waals surface area contributed by atoms with E-state index in [9.17, 15) is 9.59 Å². The van der Waals surface area contributed by atoms with Gasteiger partial charge in [-0.05, 0) is 56.5 Å². The van der Waals surface area contributed by atoms with Gasteiger partial charge in [-0.2, -0.15) is 0 Å². The van der Waals surface area contributed by atoms with Crippen LogP contribution in [0.25, 0.3) is 11.0 Å². The number of carbonyl (C=O) groups is 1. The van der Waals surface area contributed by atoms with Crippen LogP contribution in [0, 0.1) is 6.92 Å². The SMILES string of the molecule is Cc1cccc(OC(C)C(=O)N2CCC(n3c(=O)[nH]c4ccccc43)CC2)c1. The molecule has 0 saturated carbocycles. The highest BCUT2D eigenvalue weighted by Gasteiger charge is 2.29. The van der Waals surface area contributed by atoms with Crippen LogP contribution in [0.3, 0.4) is 0 Å². The Bertz CT molecular complexity index is 1040. The fraction of sp³-hybridized carbons (Fsp3) is 0.364. The molecule has 1 N–H and O–H groups in total. The van der Waals surface area contributed by atoms with Crippen molar-refractivity contribution in [3.8, 4) is 5.75 Å². The summed E-state index contributed by atoms with van der Waals surface area (Å²) in [5.74, 6) is 0.701. The van der Waals surface area contributed by atoms with Gasteiger partial charge in [0.15, 0.2) is 6.10 Å². The van der Waals surface area contributed by atoms with Crippen molar-refractivity contribution in [1.29, 1.82) is 0 Å². The van der Waals surface area contributed by atoms with Crippen LogP contribution in [-0.2, 0) is 4.79 Å². The van der Waals surface area contributed by atoms with Crippen molar-refractivity contribution in [1.82, 2.24) is 14.5 Å². The molecule has 1 aromatic heterocycles. The number of hydrogen-bond donors (Lipinski definition) is 1. The van der Waals surface area contributed by atoms with Crippen molar-refractivity contribution < 1.29 is 9.53 Å². The molecule has 1 fully saturated rings. The summed E-state index contributed by atoms with van der Waals surface area (Å²) in [7, 11) is 0. The van der Waals surface area contributed by atoms with Crippen LogP contribution in [0.4, 0.5) is 0 Å². The number of H-pyrrole nitrogens is 1. The van der Waals surface area contributed by atoms with Gasteiger partial charge in [0.25, 0.3) is 5.91 Å². The average Bonchev–Trinajstić information content (AvgIpc) is 3.03. The van der Waals surface area contributed by atoms with E-state index in [0.717, 1.165) is 29.4 Å². The monoisotopic (exact) mass is 379 g/mol. The molecule has 0 radical (unpaired) electrons. The molecule has 28 heavy (non-hydrogen) atoms. The normalized spacial score (nSPS) is 16.3. The van der Waals surface area contributed by atoms with Crippen molar-refractivity contribution in [2.24, 2.45) is 0 Å². The number of carbonyl (C=O) groups excluding carboxylic acids is 1. The second kappa shape index (κ2) is 7.54. The maximum absolute atomic E-state index is 12.8. The standard InChI is InChI=1S/C22H25N3O3/c1-15-6-5-7-18(14-15)28-16(2)21(26)24-12-10-17(11-13-24)25-20-9-4-3-8-19(20)23-22(25)27/h3-9,14,16-17H,10-13H2,1-2H3,(H,23,27). The number of aromatic amines is 1. The van der Waals surface area contributed by atoms with E-state index in [-0.39, 0.29) is 17.6 Å². The summed E-state index contributed by atoms with van der Waals surface area (Å²) in [6.45, 7) is 5.03. The minimum atomic E-state index is -0.533. The zero-order valence-electron chi connectivity index (χ0n) is 16.2. The van der Waals surface area contributed by atoms with E-state index in [4.69, 9.17) is 4.74 Å². The van der Waals surface area contributed by atoms with Gasteiger partial charge in [0.2, 0.25) is 0 Å². The van der Waals surface area contributed by atoms with Crippen LogP contribution >= 0.6 is 0 Å².